The standard InChI is InChI=1S/C9H19NO2/c1-5-8(12)6-10(4)9(2,3)7-11/h11H,5-7H2,1-4H3. The fourth-order valence-corrected chi connectivity index (χ4v) is 0.711. The number of ketones is 1. The molecule has 0 radical (unpaired) electrons. The fraction of sp³-hybridized carbons (Fsp3) is 0.889. The van der Waals surface area contributed by atoms with Crippen molar-refractivity contribution in [3.63, 3.8) is 0 Å². The predicted octanol–water partition coefficient (Wildman–Crippen LogP) is 0.668. The Morgan fingerprint density at radius 2 is 2.00 bits per heavy atom. The van der Waals surface area contributed by atoms with E-state index in [0.29, 0.717) is 13.0 Å². The lowest BCUT2D eigenvalue weighted by Gasteiger charge is -2.33. The van der Waals surface area contributed by atoms with Crippen molar-refractivity contribution in [2.24, 2.45) is 0 Å². The molecule has 0 rings (SSSR count). The van der Waals surface area contributed by atoms with Crippen LogP contribution in [0.25, 0.3) is 0 Å². The quantitative estimate of drug-likeness (QED) is 0.664. The third-order valence-corrected chi connectivity index (χ3v) is 2.23. The molecular formula is C9H19NO2. The van der Waals surface area contributed by atoms with Crippen molar-refractivity contribution in [2.75, 3.05) is 20.2 Å². The van der Waals surface area contributed by atoms with Gasteiger partial charge in [-0.1, -0.05) is 6.92 Å². The van der Waals surface area contributed by atoms with Crippen molar-refractivity contribution in [3.8, 4) is 0 Å². The second-order valence-corrected chi connectivity index (χ2v) is 3.72. The van der Waals surface area contributed by atoms with Crippen LogP contribution >= 0.6 is 0 Å². The number of aliphatic hydroxyl groups is 1. The zero-order chi connectivity index (χ0) is 9.78. The molecule has 0 bridgehead atoms. The molecule has 0 aliphatic rings. The number of nitrogens with zero attached hydrogens (tertiary/aromatic N) is 1. The Hall–Kier alpha value is -0.410. The van der Waals surface area contributed by atoms with Gasteiger partial charge in [0, 0.05) is 12.0 Å². The van der Waals surface area contributed by atoms with Crippen LogP contribution in [-0.4, -0.2) is 41.5 Å². The molecule has 0 aliphatic heterocycles. The van der Waals surface area contributed by atoms with Gasteiger partial charge < -0.3 is 5.11 Å². The lowest BCUT2D eigenvalue weighted by molar-refractivity contribution is -0.121. The summed E-state index contributed by atoms with van der Waals surface area (Å²) in [4.78, 5) is 12.9. The Kier molecular flexibility index (Phi) is 4.42. The number of carbonyl (C=O) groups excluding carboxylic acids is 1. The molecule has 3 heteroatoms. The van der Waals surface area contributed by atoms with Crippen molar-refractivity contribution >= 4 is 5.78 Å². The van der Waals surface area contributed by atoms with Gasteiger partial charge in [0.1, 0.15) is 5.78 Å². The third kappa shape index (κ3) is 3.32. The van der Waals surface area contributed by atoms with E-state index in [9.17, 15) is 4.79 Å². The number of likely N-dealkylation sites (N-methyl/N-ethyl adjacent to an activating group) is 1. The molecule has 0 unspecified atom stereocenters. The van der Waals surface area contributed by atoms with Gasteiger partial charge in [-0.25, -0.2) is 0 Å². The van der Waals surface area contributed by atoms with Crippen LogP contribution in [0.1, 0.15) is 27.2 Å². The number of rotatable bonds is 5. The predicted molar refractivity (Wildman–Crippen MR) is 49.1 cm³/mol. The molecule has 0 aromatic heterocycles. The van der Waals surface area contributed by atoms with Crippen molar-refractivity contribution in [1.29, 1.82) is 0 Å². The van der Waals surface area contributed by atoms with Gasteiger partial charge in [0.15, 0.2) is 0 Å². The molecule has 12 heavy (non-hydrogen) atoms. The molecular weight excluding hydrogens is 154 g/mol. The topological polar surface area (TPSA) is 40.5 Å². The SMILES string of the molecule is CCC(=O)CN(C)C(C)(C)CO. The second kappa shape index (κ2) is 4.58. The van der Waals surface area contributed by atoms with Gasteiger partial charge >= 0.3 is 0 Å². The molecule has 1 N–H and O–H groups in total. The molecule has 0 atom stereocenters. The molecule has 0 saturated heterocycles. The van der Waals surface area contributed by atoms with Gasteiger partial charge in [0.25, 0.3) is 0 Å². The van der Waals surface area contributed by atoms with E-state index in [2.05, 4.69) is 0 Å². The van der Waals surface area contributed by atoms with Crippen molar-refractivity contribution in [1.82, 2.24) is 4.90 Å². The van der Waals surface area contributed by atoms with Crippen molar-refractivity contribution in [3.05, 3.63) is 0 Å². The summed E-state index contributed by atoms with van der Waals surface area (Å²) in [5.41, 5.74) is -0.301. The third-order valence-electron chi connectivity index (χ3n) is 2.23. The van der Waals surface area contributed by atoms with Crippen LogP contribution in [-0.2, 0) is 4.79 Å². The number of hydrogen-bond donors (Lipinski definition) is 1. The fourth-order valence-electron chi connectivity index (χ4n) is 0.711. The summed E-state index contributed by atoms with van der Waals surface area (Å²) < 4.78 is 0. The van der Waals surface area contributed by atoms with E-state index in [1.165, 1.54) is 0 Å². The zero-order valence-electron chi connectivity index (χ0n) is 8.42. The Morgan fingerprint density at radius 1 is 1.50 bits per heavy atom. The lowest BCUT2D eigenvalue weighted by atomic mass is 10.0. The van der Waals surface area contributed by atoms with Crippen molar-refractivity contribution < 1.29 is 9.90 Å². The zero-order valence-corrected chi connectivity index (χ0v) is 8.42. The first-order valence-corrected chi connectivity index (χ1v) is 4.28. The van der Waals surface area contributed by atoms with E-state index < -0.39 is 0 Å². The first kappa shape index (κ1) is 11.6. The Labute approximate surface area is 74.4 Å². The number of Topliss-reactive ketones (excluding diaryl/α,β-unsaturated/α-hetero) is 1. The summed E-state index contributed by atoms with van der Waals surface area (Å²) in [5, 5.41) is 9.00. The summed E-state index contributed by atoms with van der Waals surface area (Å²) in [6.45, 7) is 6.17. The molecule has 0 aromatic rings. The van der Waals surface area contributed by atoms with E-state index in [-0.39, 0.29) is 17.9 Å². The summed E-state index contributed by atoms with van der Waals surface area (Å²) in [7, 11) is 1.85. The van der Waals surface area contributed by atoms with Crippen LogP contribution < -0.4 is 0 Å². The highest BCUT2D eigenvalue weighted by Crippen LogP contribution is 2.10. The minimum Gasteiger partial charge on any atom is -0.394 e. The van der Waals surface area contributed by atoms with E-state index >= 15 is 0 Å². The normalized spacial score (nSPS) is 12.2. The van der Waals surface area contributed by atoms with Gasteiger partial charge in [-0.3, -0.25) is 9.69 Å². The Morgan fingerprint density at radius 3 is 2.33 bits per heavy atom. The molecule has 0 amide bonds. The lowest BCUT2D eigenvalue weighted by Crippen LogP contribution is -2.46. The average Bonchev–Trinajstić information content (AvgIpc) is 2.04. The van der Waals surface area contributed by atoms with Gasteiger partial charge in [-0.15, -0.1) is 0 Å². The highest BCUT2D eigenvalue weighted by Gasteiger charge is 2.23. The first-order chi connectivity index (χ1) is 5.44. The maximum atomic E-state index is 11.1. The summed E-state index contributed by atoms with van der Waals surface area (Å²) in [6, 6.07) is 0. The van der Waals surface area contributed by atoms with Crippen LogP contribution in [0.3, 0.4) is 0 Å². The van der Waals surface area contributed by atoms with Gasteiger partial charge in [0.05, 0.1) is 13.2 Å². The van der Waals surface area contributed by atoms with Crippen LogP contribution in [0.2, 0.25) is 0 Å². The largest absolute Gasteiger partial charge is 0.394 e. The minimum absolute atomic E-state index is 0.0699. The first-order valence-electron chi connectivity index (χ1n) is 4.28. The molecule has 0 saturated carbocycles. The highest BCUT2D eigenvalue weighted by molar-refractivity contribution is 5.80. The second-order valence-electron chi connectivity index (χ2n) is 3.72. The number of carbonyl (C=O) groups is 1. The molecule has 0 heterocycles. The molecule has 0 spiro atoms. The Bertz CT molecular complexity index is 155. The van der Waals surface area contributed by atoms with Gasteiger partial charge in [0.2, 0.25) is 0 Å². The van der Waals surface area contributed by atoms with Crippen LogP contribution in [0.5, 0.6) is 0 Å². The van der Waals surface area contributed by atoms with Crippen LogP contribution in [0.4, 0.5) is 0 Å². The van der Waals surface area contributed by atoms with E-state index in [1.807, 2.05) is 32.7 Å². The molecule has 72 valence electrons. The summed E-state index contributed by atoms with van der Waals surface area (Å²) >= 11 is 0. The van der Waals surface area contributed by atoms with Gasteiger partial charge in [-0.2, -0.15) is 0 Å². The number of hydrogen-bond acceptors (Lipinski definition) is 3. The summed E-state index contributed by atoms with van der Waals surface area (Å²) in [5.74, 6) is 0.207. The molecule has 0 aromatic carbocycles. The van der Waals surface area contributed by atoms with Gasteiger partial charge in [-0.05, 0) is 20.9 Å². The van der Waals surface area contributed by atoms with Crippen LogP contribution in [0.15, 0.2) is 0 Å². The Balaban J connectivity index is 4.02. The molecule has 3 nitrogen and oxygen atoms in total. The number of aliphatic hydroxyl groups excluding tert-OH is 1. The monoisotopic (exact) mass is 173 g/mol. The van der Waals surface area contributed by atoms with E-state index in [0.717, 1.165) is 0 Å². The molecule has 0 aliphatic carbocycles. The minimum atomic E-state index is -0.301. The highest BCUT2D eigenvalue weighted by atomic mass is 16.3. The van der Waals surface area contributed by atoms with Crippen LogP contribution in [0, 0.1) is 0 Å². The van der Waals surface area contributed by atoms with E-state index in [4.69, 9.17) is 5.11 Å². The van der Waals surface area contributed by atoms with E-state index in [1.54, 1.807) is 0 Å². The average molecular weight is 173 g/mol. The smallest absolute Gasteiger partial charge is 0.146 e. The maximum absolute atomic E-state index is 11.1. The van der Waals surface area contributed by atoms with Crippen molar-refractivity contribution in [2.45, 2.75) is 32.7 Å². The summed E-state index contributed by atoms with van der Waals surface area (Å²) in [6.07, 6.45) is 0.561. The maximum Gasteiger partial charge on any atom is 0.146 e. The molecule has 0 fully saturated rings.